The SMILES string of the molecule is c1ccc(-c2ccc(-c3nc(-c4ccc(-c5ccccc5)cc4)nc(-c4cccc5cc(-c6ccc7ccccc7c6)ccc45)n3)cc2)cc1. The number of fused-ring (bicyclic) bond motifs is 2. The third-order valence-electron chi connectivity index (χ3n) is 9.34. The van der Waals surface area contributed by atoms with E-state index in [0.717, 1.165) is 38.6 Å². The van der Waals surface area contributed by atoms with Crippen LogP contribution in [0.5, 0.6) is 0 Å². The summed E-state index contributed by atoms with van der Waals surface area (Å²) in [4.78, 5) is 15.3. The number of benzene rings is 8. The lowest BCUT2D eigenvalue weighted by Gasteiger charge is -2.12. The van der Waals surface area contributed by atoms with Gasteiger partial charge in [0.15, 0.2) is 17.5 Å². The lowest BCUT2D eigenvalue weighted by atomic mass is 9.96. The molecule has 0 atom stereocenters. The first kappa shape index (κ1) is 29.4. The summed E-state index contributed by atoms with van der Waals surface area (Å²) < 4.78 is 0. The van der Waals surface area contributed by atoms with Gasteiger partial charge in [0, 0.05) is 16.7 Å². The van der Waals surface area contributed by atoms with Crippen molar-refractivity contribution in [2.45, 2.75) is 0 Å². The zero-order valence-corrected chi connectivity index (χ0v) is 27.2. The van der Waals surface area contributed by atoms with Crippen molar-refractivity contribution in [1.82, 2.24) is 15.0 Å². The molecule has 1 heterocycles. The van der Waals surface area contributed by atoms with Crippen LogP contribution in [0, 0.1) is 0 Å². The molecule has 0 bridgehead atoms. The minimum Gasteiger partial charge on any atom is -0.208 e. The van der Waals surface area contributed by atoms with Gasteiger partial charge in [-0.3, -0.25) is 0 Å². The molecule has 8 aromatic carbocycles. The minimum absolute atomic E-state index is 0.640. The molecule has 3 nitrogen and oxygen atoms in total. The van der Waals surface area contributed by atoms with Crippen LogP contribution in [0.2, 0.25) is 0 Å². The summed E-state index contributed by atoms with van der Waals surface area (Å²) in [5.41, 5.74) is 9.87. The van der Waals surface area contributed by atoms with E-state index in [1.165, 1.54) is 33.0 Å². The van der Waals surface area contributed by atoms with E-state index in [4.69, 9.17) is 15.0 Å². The summed E-state index contributed by atoms with van der Waals surface area (Å²) in [6.45, 7) is 0. The van der Waals surface area contributed by atoms with Gasteiger partial charge in [-0.15, -0.1) is 0 Å². The van der Waals surface area contributed by atoms with Gasteiger partial charge in [-0.05, 0) is 67.1 Å². The smallest absolute Gasteiger partial charge is 0.164 e. The third kappa shape index (κ3) is 5.72. The van der Waals surface area contributed by atoms with E-state index in [1.54, 1.807) is 0 Å². The van der Waals surface area contributed by atoms with Gasteiger partial charge in [-0.1, -0.05) is 176 Å². The van der Waals surface area contributed by atoms with E-state index in [9.17, 15) is 0 Å². The Balaban J connectivity index is 1.15. The quantitative estimate of drug-likeness (QED) is 0.182. The molecule has 234 valence electrons. The average Bonchev–Trinajstić information content (AvgIpc) is 3.21. The largest absolute Gasteiger partial charge is 0.208 e. The van der Waals surface area contributed by atoms with Crippen molar-refractivity contribution in [3.63, 3.8) is 0 Å². The molecule has 9 aromatic rings. The van der Waals surface area contributed by atoms with E-state index < -0.39 is 0 Å². The van der Waals surface area contributed by atoms with Crippen LogP contribution in [-0.4, -0.2) is 15.0 Å². The second kappa shape index (κ2) is 12.7. The highest BCUT2D eigenvalue weighted by atomic mass is 15.0. The molecule has 0 aliphatic rings. The summed E-state index contributed by atoms with van der Waals surface area (Å²) in [6, 6.07) is 65.9. The second-order valence-corrected chi connectivity index (χ2v) is 12.5. The minimum atomic E-state index is 0.640. The van der Waals surface area contributed by atoms with Crippen molar-refractivity contribution >= 4 is 21.5 Å². The van der Waals surface area contributed by atoms with Crippen LogP contribution in [0.15, 0.2) is 188 Å². The number of nitrogens with zero attached hydrogens (tertiary/aromatic N) is 3. The van der Waals surface area contributed by atoms with Gasteiger partial charge in [-0.25, -0.2) is 15.0 Å². The Morgan fingerprint density at radius 3 is 1.26 bits per heavy atom. The average molecular weight is 638 g/mol. The standard InChI is InChI=1S/C47H31N3/c1-3-10-32(11-4-1)35-18-23-37(24-19-35)45-48-46(38-25-20-36(21-26-38)33-12-5-2-6-13-33)50-47(49-45)44-17-9-16-42-31-41(28-29-43(42)44)40-27-22-34-14-7-8-15-39(34)30-40/h1-31H. The zero-order valence-electron chi connectivity index (χ0n) is 27.2. The highest BCUT2D eigenvalue weighted by Crippen LogP contribution is 2.34. The molecular weight excluding hydrogens is 607 g/mol. The van der Waals surface area contributed by atoms with Gasteiger partial charge >= 0.3 is 0 Å². The molecule has 0 unspecified atom stereocenters. The van der Waals surface area contributed by atoms with Crippen LogP contribution in [0.25, 0.3) is 89.1 Å². The first-order valence-corrected chi connectivity index (χ1v) is 16.9. The number of rotatable bonds is 6. The molecule has 0 radical (unpaired) electrons. The van der Waals surface area contributed by atoms with Crippen molar-refractivity contribution in [2.24, 2.45) is 0 Å². The van der Waals surface area contributed by atoms with Gasteiger partial charge in [0.05, 0.1) is 0 Å². The van der Waals surface area contributed by atoms with Gasteiger partial charge < -0.3 is 0 Å². The van der Waals surface area contributed by atoms with Gasteiger partial charge in [-0.2, -0.15) is 0 Å². The molecule has 1 aromatic heterocycles. The molecule has 0 N–H and O–H groups in total. The molecule has 0 spiro atoms. The Bertz CT molecular complexity index is 2510. The van der Waals surface area contributed by atoms with Gasteiger partial charge in [0.2, 0.25) is 0 Å². The van der Waals surface area contributed by atoms with Crippen LogP contribution >= 0.6 is 0 Å². The Hall–Kier alpha value is -6.71. The van der Waals surface area contributed by atoms with Crippen molar-refractivity contribution in [1.29, 1.82) is 0 Å². The second-order valence-electron chi connectivity index (χ2n) is 12.5. The fourth-order valence-electron chi connectivity index (χ4n) is 6.67. The number of hydrogen-bond donors (Lipinski definition) is 0. The summed E-state index contributed by atoms with van der Waals surface area (Å²) >= 11 is 0. The molecular formula is C47H31N3. The predicted molar refractivity (Wildman–Crippen MR) is 207 cm³/mol. The monoisotopic (exact) mass is 637 g/mol. The Labute approximate surface area is 291 Å². The highest BCUT2D eigenvalue weighted by molar-refractivity contribution is 5.98. The van der Waals surface area contributed by atoms with E-state index >= 15 is 0 Å². The molecule has 0 saturated carbocycles. The van der Waals surface area contributed by atoms with Crippen molar-refractivity contribution in [2.75, 3.05) is 0 Å². The Morgan fingerprint density at radius 1 is 0.240 bits per heavy atom. The lowest BCUT2D eigenvalue weighted by Crippen LogP contribution is -2.00. The lowest BCUT2D eigenvalue weighted by molar-refractivity contribution is 1.08. The molecule has 3 heteroatoms. The molecule has 0 saturated heterocycles. The predicted octanol–water partition coefficient (Wildman–Crippen LogP) is 12.2. The van der Waals surface area contributed by atoms with Crippen LogP contribution in [0.4, 0.5) is 0 Å². The van der Waals surface area contributed by atoms with Crippen LogP contribution < -0.4 is 0 Å². The molecule has 0 amide bonds. The van der Waals surface area contributed by atoms with E-state index in [2.05, 4.69) is 176 Å². The maximum Gasteiger partial charge on any atom is 0.164 e. The summed E-state index contributed by atoms with van der Waals surface area (Å²) in [7, 11) is 0. The van der Waals surface area contributed by atoms with E-state index in [1.807, 2.05) is 12.1 Å². The number of aromatic nitrogens is 3. The summed E-state index contributed by atoms with van der Waals surface area (Å²) in [6.07, 6.45) is 0. The van der Waals surface area contributed by atoms with E-state index in [0.29, 0.717) is 17.5 Å². The van der Waals surface area contributed by atoms with Crippen LogP contribution in [0.3, 0.4) is 0 Å². The third-order valence-corrected chi connectivity index (χ3v) is 9.34. The molecule has 9 rings (SSSR count). The fourth-order valence-corrected chi connectivity index (χ4v) is 6.67. The summed E-state index contributed by atoms with van der Waals surface area (Å²) in [5.74, 6) is 1.93. The molecule has 0 fully saturated rings. The van der Waals surface area contributed by atoms with Crippen molar-refractivity contribution < 1.29 is 0 Å². The fraction of sp³-hybridized carbons (Fsp3) is 0. The van der Waals surface area contributed by atoms with E-state index in [-0.39, 0.29) is 0 Å². The van der Waals surface area contributed by atoms with Crippen molar-refractivity contribution in [3.05, 3.63) is 188 Å². The summed E-state index contributed by atoms with van der Waals surface area (Å²) in [5, 5.41) is 4.71. The maximum absolute atomic E-state index is 5.11. The van der Waals surface area contributed by atoms with Crippen LogP contribution in [-0.2, 0) is 0 Å². The topological polar surface area (TPSA) is 38.7 Å². The van der Waals surface area contributed by atoms with Crippen LogP contribution in [0.1, 0.15) is 0 Å². The first-order chi connectivity index (χ1) is 24.7. The maximum atomic E-state index is 5.11. The van der Waals surface area contributed by atoms with Gasteiger partial charge in [0.1, 0.15) is 0 Å². The molecule has 50 heavy (non-hydrogen) atoms. The van der Waals surface area contributed by atoms with Gasteiger partial charge in [0.25, 0.3) is 0 Å². The first-order valence-electron chi connectivity index (χ1n) is 16.9. The number of hydrogen-bond acceptors (Lipinski definition) is 3. The highest BCUT2D eigenvalue weighted by Gasteiger charge is 2.15. The normalized spacial score (nSPS) is 11.2. The van der Waals surface area contributed by atoms with Crippen molar-refractivity contribution in [3.8, 4) is 67.5 Å². The Kier molecular flexibility index (Phi) is 7.49. The zero-order chi connectivity index (χ0) is 33.3. The molecule has 0 aliphatic heterocycles. The Morgan fingerprint density at radius 2 is 0.660 bits per heavy atom. The molecule has 0 aliphatic carbocycles.